The zero-order valence-corrected chi connectivity index (χ0v) is 19.1. The van der Waals surface area contributed by atoms with Gasteiger partial charge in [-0.25, -0.2) is 9.78 Å². The van der Waals surface area contributed by atoms with Gasteiger partial charge in [-0.2, -0.15) is 0 Å². The summed E-state index contributed by atoms with van der Waals surface area (Å²) in [6, 6.07) is 15.5. The van der Waals surface area contributed by atoms with Gasteiger partial charge in [0.05, 0.1) is 18.4 Å². The number of esters is 1. The number of amides is 1. The van der Waals surface area contributed by atoms with Crippen LogP contribution in [0.5, 0.6) is 23.0 Å². The predicted octanol–water partition coefficient (Wildman–Crippen LogP) is 3.79. The van der Waals surface area contributed by atoms with Crippen LogP contribution in [-0.2, 0) is 9.53 Å². The smallest absolute Gasteiger partial charge is 0.341 e. The second-order valence-corrected chi connectivity index (χ2v) is 7.88. The van der Waals surface area contributed by atoms with Gasteiger partial charge in [0.1, 0.15) is 29.7 Å². The quantitative estimate of drug-likeness (QED) is 0.262. The standard InChI is InChI=1S/C24H22N2O7S/c1-29-17-5-7-18(8-6-17)30-11-12-31-24(28)19-3-2-10-25-23(19)34-14-22(27)26-16-4-9-20-21(13-16)33-15-32-20/h2-10,13H,11-12,14-15H2,1H3,(H,26,27). The average molecular weight is 483 g/mol. The van der Waals surface area contributed by atoms with Crippen LogP contribution < -0.4 is 24.3 Å². The van der Waals surface area contributed by atoms with Crippen molar-refractivity contribution in [3.8, 4) is 23.0 Å². The van der Waals surface area contributed by atoms with Gasteiger partial charge in [0, 0.05) is 18.0 Å². The topological polar surface area (TPSA) is 105 Å². The number of aromatic nitrogens is 1. The molecule has 1 aliphatic heterocycles. The zero-order valence-electron chi connectivity index (χ0n) is 18.3. The highest BCUT2D eigenvalue weighted by atomic mass is 32.2. The second-order valence-electron chi connectivity index (χ2n) is 6.92. The summed E-state index contributed by atoms with van der Waals surface area (Å²) >= 11 is 1.14. The summed E-state index contributed by atoms with van der Waals surface area (Å²) in [4.78, 5) is 29.1. The maximum Gasteiger partial charge on any atom is 0.341 e. The number of pyridine rings is 1. The molecule has 4 rings (SSSR count). The molecule has 0 unspecified atom stereocenters. The minimum absolute atomic E-state index is 0.0618. The molecule has 0 spiro atoms. The predicted molar refractivity (Wildman–Crippen MR) is 125 cm³/mol. The first-order chi connectivity index (χ1) is 16.6. The van der Waals surface area contributed by atoms with E-state index in [0.717, 1.165) is 17.5 Å². The Kier molecular flexibility index (Phi) is 7.71. The van der Waals surface area contributed by atoms with Gasteiger partial charge in [0.15, 0.2) is 11.5 Å². The molecule has 0 atom stereocenters. The fourth-order valence-corrected chi connectivity index (χ4v) is 3.79. The molecule has 10 heteroatoms. The van der Waals surface area contributed by atoms with Crippen LogP contribution in [0, 0.1) is 0 Å². The minimum atomic E-state index is -0.537. The van der Waals surface area contributed by atoms with E-state index in [2.05, 4.69) is 10.3 Å². The number of hydrogen-bond donors (Lipinski definition) is 1. The number of methoxy groups -OCH3 is 1. The largest absolute Gasteiger partial charge is 0.497 e. The molecular weight excluding hydrogens is 460 g/mol. The Bertz CT molecular complexity index is 1150. The lowest BCUT2D eigenvalue weighted by atomic mass is 10.3. The highest BCUT2D eigenvalue weighted by Gasteiger charge is 2.17. The third kappa shape index (κ3) is 6.10. The van der Waals surface area contributed by atoms with Gasteiger partial charge in [-0.15, -0.1) is 0 Å². The molecule has 0 bridgehead atoms. The number of carbonyl (C=O) groups excluding carboxylic acids is 2. The Labute approximate surface area is 200 Å². The van der Waals surface area contributed by atoms with Gasteiger partial charge in [-0.05, 0) is 48.5 Å². The molecule has 0 aliphatic carbocycles. The first kappa shape index (κ1) is 23.2. The van der Waals surface area contributed by atoms with E-state index in [4.69, 9.17) is 23.7 Å². The van der Waals surface area contributed by atoms with Crippen LogP contribution in [0.3, 0.4) is 0 Å². The SMILES string of the molecule is COc1ccc(OCCOC(=O)c2cccnc2SCC(=O)Nc2ccc3c(c2)OCO3)cc1. The lowest BCUT2D eigenvalue weighted by Gasteiger charge is -2.10. The van der Waals surface area contributed by atoms with Gasteiger partial charge in [0.2, 0.25) is 12.7 Å². The number of hydrogen-bond acceptors (Lipinski definition) is 9. The van der Waals surface area contributed by atoms with E-state index < -0.39 is 5.97 Å². The molecule has 1 aliphatic rings. The van der Waals surface area contributed by atoms with Crippen LogP contribution in [0.25, 0.3) is 0 Å². The molecule has 0 saturated heterocycles. The van der Waals surface area contributed by atoms with Crippen molar-refractivity contribution in [2.45, 2.75) is 5.03 Å². The van der Waals surface area contributed by atoms with Crippen molar-refractivity contribution in [3.05, 3.63) is 66.4 Å². The molecule has 34 heavy (non-hydrogen) atoms. The van der Waals surface area contributed by atoms with Crippen LogP contribution >= 0.6 is 11.8 Å². The molecule has 1 N–H and O–H groups in total. The maximum atomic E-state index is 12.5. The van der Waals surface area contributed by atoms with E-state index in [1.807, 2.05) is 0 Å². The van der Waals surface area contributed by atoms with Crippen molar-refractivity contribution >= 4 is 29.3 Å². The second kappa shape index (κ2) is 11.3. The minimum Gasteiger partial charge on any atom is -0.497 e. The van der Waals surface area contributed by atoms with Crippen molar-refractivity contribution in [2.24, 2.45) is 0 Å². The summed E-state index contributed by atoms with van der Waals surface area (Å²) in [6.45, 7) is 0.419. The van der Waals surface area contributed by atoms with Gasteiger partial charge in [0.25, 0.3) is 0 Å². The van der Waals surface area contributed by atoms with Gasteiger partial charge >= 0.3 is 5.97 Å². The molecule has 0 radical (unpaired) electrons. The zero-order chi connectivity index (χ0) is 23.8. The van der Waals surface area contributed by atoms with Crippen molar-refractivity contribution in [3.63, 3.8) is 0 Å². The third-order valence-electron chi connectivity index (χ3n) is 4.63. The molecule has 0 saturated carbocycles. The highest BCUT2D eigenvalue weighted by molar-refractivity contribution is 8.00. The highest BCUT2D eigenvalue weighted by Crippen LogP contribution is 2.34. The number of fused-ring (bicyclic) bond motifs is 1. The number of anilines is 1. The average Bonchev–Trinajstić information content (AvgIpc) is 3.34. The molecule has 3 aromatic rings. The lowest BCUT2D eigenvalue weighted by Crippen LogP contribution is -2.16. The molecule has 2 aromatic carbocycles. The van der Waals surface area contributed by atoms with Crippen molar-refractivity contribution in [1.82, 2.24) is 4.98 Å². The molecule has 9 nitrogen and oxygen atoms in total. The Morgan fingerprint density at radius 2 is 1.82 bits per heavy atom. The van der Waals surface area contributed by atoms with Gasteiger partial charge in [-0.1, -0.05) is 11.8 Å². The van der Waals surface area contributed by atoms with E-state index >= 15 is 0 Å². The van der Waals surface area contributed by atoms with E-state index in [0.29, 0.717) is 28.0 Å². The fourth-order valence-electron chi connectivity index (χ4n) is 3.01. The third-order valence-corrected chi connectivity index (χ3v) is 5.64. The fraction of sp³-hybridized carbons (Fsp3) is 0.208. The number of rotatable bonds is 10. The first-order valence-corrected chi connectivity index (χ1v) is 11.3. The van der Waals surface area contributed by atoms with E-state index in [1.165, 1.54) is 0 Å². The number of ether oxygens (including phenoxy) is 5. The Morgan fingerprint density at radius 1 is 1.03 bits per heavy atom. The lowest BCUT2D eigenvalue weighted by molar-refractivity contribution is -0.113. The van der Waals surface area contributed by atoms with E-state index in [-0.39, 0.29) is 37.2 Å². The molecule has 176 valence electrons. The summed E-state index contributed by atoms with van der Waals surface area (Å²) in [7, 11) is 1.59. The number of benzene rings is 2. The van der Waals surface area contributed by atoms with E-state index in [1.54, 1.807) is 67.9 Å². The maximum absolute atomic E-state index is 12.5. The van der Waals surface area contributed by atoms with Crippen molar-refractivity contribution < 1.29 is 33.3 Å². The van der Waals surface area contributed by atoms with Crippen molar-refractivity contribution in [2.75, 3.05) is 38.2 Å². The summed E-state index contributed by atoms with van der Waals surface area (Å²) in [6.07, 6.45) is 1.56. The first-order valence-electron chi connectivity index (χ1n) is 10.3. The monoisotopic (exact) mass is 482 g/mol. The number of thioether (sulfide) groups is 1. The van der Waals surface area contributed by atoms with Gasteiger partial charge in [-0.3, -0.25) is 4.79 Å². The van der Waals surface area contributed by atoms with Crippen LogP contribution in [0.15, 0.2) is 65.8 Å². The molecule has 0 fully saturated rings. The Balaban J connectivity index is 1.25. The number of nitrogens with one attached hydrogen (secondary N) is 1. The number of carbonyl (C=O) groups is 2. The van der Waals surface area contributed by atoms with Crippen LogP contribution in [-0.4, -0.2) is 49.7 Å². The van der Waals surface area contributed by atoms with E-state index in [9.17, 15) is 9.59 Å². The van der Waals surface area contributed by atoms with Crippen molar-refractivity contribution in [1.29, 1.82) is 0 Å². The van der Waals surface area contributed by atoms with Crippen LogP contribution in [0.2, 0.25) is 0 Å². The van der Waals surface area contributed by atoms with Crippen LogP contribution in [0.4, 0.5) is 5.69 Å². The summed E-state index contributed by atoms with van der Waals surface area (Å²) < 4.78 is 26.5. The van der Waals surface area contributed by atoms with Crippen LogP contribution in [0.1, 0.15) is 10.4 Å². The molecular formula is C24H22N2O7S. The number of nitrogens with zero attached hydrogens (tertiary/aromatic N) is 1. The summed E-state index contributed by atoms with van der Waals surface area (Å²) in [5.74, 6) is 1.86. The Hall–Kier alpha value is -3.92. The molecule has 1 amide bonds. The Morgan fingerprint density at radius 3 is 2.65 bits per heavy atom. The van der Waals surface area contributed by atoms with Gasteiger partial charge < -0.3 is 29.0 Å². The molecule has 2 heterocycles. The summed E-state index contributed by atoms with van der Waals surface area (Å²) in [5, 5.41) is 3.20. The normalized spacial score (nSPS) is 11.6. The summed E-state index contributed by atoms with van der Waals surface area (Å²) in [5.41, 5.74) is 0.875. The molecule has 1 aromatic heterocycles.